The number of halogens is 3. The molecule has 0 aliphatic rings. The van der Waals surface area contributed by atoms with E-state index in [0.717, 1.165) is 6.07 Å². The largest absolute Gasteiger partial charge is 0.490 e. The first-order valence-corrected chi connectivity index (χ1v) is 8.60. The van der Waals surface area contributed by atoms with Crippen molar-refractivity contribution in [3.63, 3.8) is 0 Å². The Morgan fingerprint density at radius 2 is 1.90 bits per heavy atom. The van der Waals surface area contributed by atoms with Gasteiger partial charge in [-0.2, -0.15) is 13.2 Å². The molecule has 3 rings (SSSR count). The van der Waals surface area contributed by atoms with Gasteiger partial charge in [0, 0.05) is 30.2 Å². The maximum Gasteiger partial charge on any atom is 0.418 e. The van der Waals surface area contributed by atoms with Crippen molar-refractivity contribution in [3.05, 3.63) is 81.7 Å². The summed E-state index contributed by atoms with van der Waals surface area (Å²) in [7, 11) is 1.27. The van der Waals surface area contributed by atoms with Crippen molar-refractivity contribution in [2.75, 3.05) is 12.4 Å². The molecule has 0 atom stereocenters. The topological polar surface area (TPSA) is 86.4 Å². The number of nitrogens with one attached hydrogen (secondary N) is 1. The number of anilines is 1. The number of nitro benzene ring substituents is 1. The summed E-state index contributed by atoms with van der Waals surface area (Å²) in [6, 6.07) is 8.98. The van der Waals surface area contributed by atoms with Crippen molar-refractivity contribution in [2.45, 2.75) is 13.1 Å². The summed E-state index contributed by atoms with van der Waals surface area (Å²) >= 11 is 0. The van der Waals surface area contributed by atoms with E-state index in [1.54, 1.807) is 6.92 Å². The first kappa shape index (κ1) is 20.9. The molecule has 0 spiro atoms. The minimum atomic E-state index is -4.55. The highest BCUT2D eigenvalue weighted by Gasteiger charge is 2.33. The molecule has 10 heteroatoms. The Morgan fingerprint density at radius 1 is 1.20 bits per heavy atom. The maximum atomic E-state index is 13.2. The summed E-state index contributed by atoms with van der Waals surface area (Å²) in [5.41, 5.74) is -0.365. The monoisotopic (exact) mass is 419 g/mol. The van der Waals surface area contributed by atoms with Crippen LogP contribution in [0.3, 0.4) is 0 Å². The van der Waals surface area contributed by atoms with Crippen LogP contribution in [-0.2, 0) is 6.18 Å². The van der Waals surface area contributed by atoms with Gasteiger partial charge in [-0.05, 0) is 30.7 Å². The fourth-order valence-corrected chi connectivity index (χ4v) is 2.93. The molecular formula is C20H16F3N3O4. The number of amides is 1. The fraction of sp³-hybridized carbons (Fsp3) is 0.150. The zero-order valence-electron chi connectivity index (χ0n) is 15.9. The summed E-state index contributed by atoms with van der Waals surface area (Å²) in [6.45, 7) is 1.58. The number of carbonyl (C=O) groups is 1. The molecular weight excluding hydrogens is 403 g/mol. The smallest absolute Gasteiger partial charge is 0.418 e. The van der Waals surface area contributed by atoms with Crippen LogP contribution < -0.4 is 10.1 Å². The van der Waals surface area contributed by atoms with E-state index in [2.05, 4.69) is 5.32 Å². The quantitative estimate of drug-likeness (QED) is 0.467. The summed E-state index contributed by atoms with van der Waals surface area (Å²) in [6.07, 6.45) is -1.92. The first-order chi connectivity index (χ1) is 14.1. The standard InChI is InChI=1S/C20H16F3N3O4/c1-12-9-17(26(28)29)18(30-2)10-15(12)24-19(27)13-7-8-25(11-13)16-6-4-3-5-14(16)20(21,22)23/h3-11H,1-2H3,(H,24,27). The average molecular weight is 419 g/mol. The van der Waals surface area contributed by atoms with Gasteiger partial charge in [-0.3, -0.25) is 14.9 Å². The summed E-state index contributed by atoms with van der Waals surface area (Å²) in [5, 5.41) is 13.7. The van der Waals surface area contributed by atoms with Crippen molar-refractivity contribution in [1.82, 2.24) is 4.57 Å². The number of rotatable bonds is 5. The summed E-state index contributed by atoms with van der Waals surface area (Å²) < 4.78 is 45.9. The van der Waals surface area contributed by atoms with Gasteiger partial charge in [0.1, 0.15) is 0 Å². The first-order valence-electron chi connectivity index (χ1n) is 8.60. The van der Waals surface area contributed by atoms with Crippen molar-refractivity contribution < 1.29 is 27.6 Å². The molecule has 0 fully saturated rings. The van der Waals surface area contributed by atoms with Crippen LogP contribution in [0.25, 0.3) is 5.69 Å². The van der Waals surface area contributed by atoms with E-state index < -0.39 is 22.6 Å². The van der Waals surface area contributed by atoms with E-state index in [1.807, 2.05) is 0 Å². The van der Waals surface area contributed by atoms with Gasteiger partial charge < -0.3 is 14.6 Å². The van der Waals surface area contributed by atoms with E-state index in [-0.39, 0.29) is 28.4 Å². The lowest BCUT2D eigenvalue weighted by atomic mass is 10.1. The molecule has 1 heterocycles. The van der Waals surface area contributed by atoms with Gasteiger partial charge in [0.25, 0.3) is 5.91 Å². The predicted molar refractivity (Wildman–Crippen MR) is 103 cm³/mol. The second-order valence-corrected chi connectivity index (χ2v) is 6.37. The van der Waals surface area contributed by atoms with Crippen molar-refractivity contribution in [1.29, 1.82) is 0 Å². The van der Waals surface area contributed by atoms with Crippen LogP contribution in [0.2, 0.25) is 0 Å². The van der Waals surface area contributed by atoms with E-state index in [4.69, 9.17) is 4.74 Å². The van der Waals surface area contributed by atoms with Crippen molar-refractivity contribution >= 4 is 17.3 Å². The normalized spacial score (nSPS) is 11.2. The molecule has 0 saturated carbocycles. The second-order valence-electron chi connectivity index (χ2n) is 6.37. The number of nitrogens with zero attached hydrogens (tertiary/aromatic N) is 2. The molecule has 0 aliphatic heterocycles. The lowest BCUT2D eigenvalue weighted by molar-refractivity contribution is -0.385. The third-order valence-electron chi connectivity index (χ3n) is 4.41. The highest BCUT2D eigenvalue weighted by Crippen LogP contribution is 2.35. The molecule has 0 aliphatic carbocycles. The molecule has 2 aromatic carbocycles. The van der Waals surface area contributed by atoms with E-state index in [1.165, 1.54) is 60.5 Å². The van der Waals surface area contributed by atoms with Gasteiger partial charge in [-0.1, -0.05) is 12.1 Å². The molecule has 7 nitrogen and oxygen atoms in total. The maximum absolute atomic E-state index is 13.2. The summed E-state index contributed by atoms with van der Waals surface area (Å²) in [5.74, 6) is -0.616. The number of methoxy groups -OCH3 is 1. The number of hydrogen-bond acceptors (Lipinski definition) is 4. The van der Waals surface area contributed by atoms with Crippen LogP contribution in [0.4, 0.5) is 24.5 Å². The number of alkyl halides is 3. The Labute approximate surface area is 168 Å². The van der Waals surface area contributed by atoms with Gasteiger partial charge in [-0.15, -0.1) is 0 Å². The molecule has 1 aromatic heterocycles. The van der Waals surface area contributed by atoms with Gasteiger partial charge >= 0.3 is 11.9 Å². The number of aryl methyl sites for hydroxylation is 1. The molecule has 0 radical (unpaired) electrons. The number of nitro groups is 1. The van der Waals surface area contributed by atoms with Gasteiger partial charge in [-0.25, -0.2) is 0 Å². The lowest BCUT2D eigenvalue weighted by Gasteiger charge is -2.13. The second kappa shape index (κ2) is 7.90. The average Bonchev–Trinajstić information content (AvgIpc) is 3.18. The zero-order valence-corrected chi connectivity index (χ0v) is 15.9. The molecule has 156 valence electrons. The van der Waals surface area contributed by atoms with Crippen LogP contribution in [-0.4, -0.2) is 22.5 Å². The highest BCUT2D eigenvalue weighted by molar-refractivity contribution is 6.04. The summed E-state index contributed by atoms with van der Waals surface area (Å²) in [4.78, 5) is 23.1. The number of aromatic nitrogens is 1. The van der Waals surface area contributed by atoms with Crippen LogP contribution >= 0.6 is 0 Å². The van der Waals surface area contributed by atoms with Crippen molar-refractivity contribution in [2.24, 2.45) is 0 Å². The Kier molecular flexibility index (Phi) is 5.50. The fourth-order valence-electron chi connectivity index (χ4n) is 2.93. The Balaban J connectivity index is 1.90. The van der Waals surface area contributed by atoms with E-state index >= 15 is 0 Å². The number of hydrogen-bond donors (Lipinski definition) is 1. The number of ether oxygens (including phenoxy) is 1. The lowest BCUT2D eigenvalue weighted by Crippen LogP contribution is -2.13. The van der Waals surface area contributed by atoms with Crippen LogP contribution in [0.5, 0.6) is 5.75 Å². The minimum Gasteiger partial charge on any atom is -0.490 e. The third-order valence-corrected chi connectivity index (χ3v) is 4.41. The molecule has 3 aromatic rings. The molecule has 0 saturated heterocycles. The molecule has 30 heavy (non-hydrogen) atoms. The van der Waals surface area contributed by atoms with Crippen LogP contribution in [0.1, 0.15) is 21.5 Å². The number of carbonyl (C=O) groups excluding carboxylic acids is 1. The Bertz CT molecular complexity index is 1120. The Morgan fingerprint density at radius 3 is 2.53 bits per heavy atom. The number of para-hydroxylation sites is 1. The Hall–Kier alpha value is -3.82. The SMILES string of the molecule is COc1cc(NC(=O)c2ccn(-c3ccccc3C(F)(F)F)c2)c(C)cc1[N+](=O)[O-]. The van der Waals surface area contributed by atoms with Crippen LogP contribution in [0.15, 0.2) is 54.9 Å². The highest BCUT2D eigenvalue weighted by atomic mass is 19.4. The predicted octanol–water partition coefficient (Wildman–Crippen LogP) is 4.97. The molecule has 0 unspecified atom stereocenters. The molecule has 1 amide bonds. The minimum absolute atomic E-state index is 0.0300. The molecule has 0 bridgehead atoms. The number of benzene rings is 2. The van der Waals surface area contributed by atoms with Crippen molar-refractivity contribution in [3.8, 4) is 11.4 Å². The van der Waals surface area contributed by atoms with Crippen LogP contribution in [0, 0.1) is 17.0 Å². The van der Waals surface area contributed by atoms with Gasteiger partial charge in [0.05, 0.1) is 28.8 Å². The molecule has 1 N–H and O–H groups in total. The third kappa shape index (κ3) is 4.12. The van der Waals surface area contributed by atoms with E-state index in [9.17, 15) is 28.1 Å². The van der Waals surface area contributed by atoms with E-state index in [0.29, 0.717) is 5.56 Å². The zero-order chi connectivity index (χ0) is 22.1. The van der Waals surface area contributed by atoms with Gasteiger partial charge in [0.15, 0.2) is 5.75 Å². The van der Waals surface area contributed by atoms with Gasteiger partial charge in [0.2, 0.25) is 0 Å².